The van der Waals surface area contributed by atoms with E-state index in [2.05, 4.69) is 5.32 Å². The van der Waals surface area contributed by atoms with E-state index in [1.165, 1.54) is 12.1 Å². The molecule has 4 N–H and O–H groups in total. The average Bonchev–Trinajstić information content (AvgIpc) is 2.34. The lowest BCUT2D eigenvalue weighted by atomic mass is 10.0. The Balaban J connectivity index is 2.87. The van der Waals surface area contributed by atoms with Gasteiger partial charge >= 0.3 is 5.97 Å². The first kappa shape index (κ1) is 14.1. The number of phenols is 1. The summed E-state index contributed by atoms with van der Waals surface area (Å²) in [6.45, 7) is -0.0958. The largest absolute Gasteiger partial charge is 0.507 e. The zero-order chi connectivity index (χ0) is 13.5. The zero-order valence-corrected chi connectivity index (χ0v) is 9.67. The molecule has 1 rings (SSSR count). The molecule has 6 heteroatoms. The van der Waals surface area contributed by atoms with Crippen molar-refractivity contribution in [2.75, 3.05) is 13.2 Å². The van der Waals surface area contributed by atoms with Crippen molar-refractivity contribution in [1.82, 2.24) is 5.32 Å². The first-order chi connectivity index (χ1) is 8.56. The number of benzene rings is 1. The second kappa shape index (κ2) is 6.73. The van der Waals surface area contributed by atoms with Crippen LogP contribution in [0.25, 0.3) is 0 Å². The number of aliphatic carboxylic acids is 1. The number of hydrogen-bond donors (Lipinski definition) is 4. The van der Waals surface area contributed by atoms with Gasteiger partial charge in [0.1, 0.15) is 5.75 Å². The van der Waals surface area contributed by atoms with Crippen LogP contribution in [-0.2, 0) is 4.79 Å². The van der Waals surface area contributed by atoms with Gasteiger partial charge in [-0.2, -0.15) is 0 Å². The summed E-state index contributed by atoms with van der Waals surface area (Å²) in [7, 11) is 0. The number of aliphatic hydroxyl groups excluding tert-OH is 1. The lowest BCUT2D eigenvalue weighted by molar-refractivity contribution is -0.137. The molecule has 0 aliphatic heterocycles. The minimum atomic E-state index is -1.13. The Hall–Kier alpha value is -1.92. The molecule has 1 unspecified atom stereocenters. The summed E-state index contributed by atoms with van der Waals surface area (Å²) in [5, 5.41) is 29.6. The van der Waals surface area contributed by atoms with Crippen LogP contribution in [0.15, 0.2) is 24.3 Å². The molecular weight excluding hydrogens is 238 g/mol. The van der Waals surface area contributed by atoms with Gasteiger partial charge < -0.3 is 20.6 Å². The molecule has 0 amide bonds. The van der Waals surface area contributed by atoms with Crippen LogP contribution in [0.2, 0.25) is 0 Å². The van der Waals surface area contributed by atoms with Gasteiger partial charge in [0.05, 0.1) is 24.6 Å². The smallest absolute Gasteiger partial charge is 0.305 e. The maximum atomic E-state index is 12.0. The standard InChI is InChI=1S/C12H15NO5/c14-6-5-13-9(7-11(16)17)12(18)8-3-1-2-4-10(8)15/h1-4,9,13-15H,5-7H2,(H,16,17). The highest BCUT2D eigenvalue weighted by atomic mass is 16.4. The van der Waals surface area contributed by atoms with Gasteiger partial charge in [-0.15, -0.1) is 0 Å². The number of carboxylic acids is 1. The van der Waals surface area contributed by atoms with Gasteiger partial charge in [0, 0.05) is 6.54 Å². The molecule has 1 aromatic carbocycles. The molecule has 0 heterocycles. The Morgan fingerprint density at radius 1 is 1.28 bits per heavy atom. The van der Waals surface area contributed by atoms with Crippen LogP contribution in [0.3, 0.4) is 0 Å². The minimum absolute atomic E-state index is 0.0641. The van der Waals surface area contributed by atoms with E-state index in [-0.39, 0.29) is 24.5 Å². The number of ketones is 1. The molecule has 1 aromatic rings. The molecule has 6 nitrogen and oxygen atoms in total. The van der Waals surface area contributed by atoms with Gasteiger partial charge in [0.15, 0.2) is 5.78 Å². The van der Waals surface area contributed by atoms with Crippen molar-refractivity contribution in [3.63, 3.8) is 0 Å². The van der Waals surface area contributed by atoms with E-state index in [0.717, 1.165) is 0 Å². The highest BCUT2D eigenvalue weighted by Crippen LogP contribution is 2.18. The Labute approximate surface area is 104 Å². The highest BCUT2D eigenvalue weighted by molar-refractivity contribution is 6.03. The van der Waals surface area contributed by atoms with E-state index in [1.54, 1.807) is 12.1 Å². The number of para-hydroxylation sites is 1. The summed E-state index contributed by atoms with van der Waals surface area (Å²) in [6.07, 6.45) is -0.410. The second-order valence-corrected chi connectivity index (χ2v) is 3.71. The number of nitrogens with one attached hydrogen (secondary N) is 1. The SMILES string of the molecule is O=C(O)CC(NCCO)C(=O)c1ccccc1O. The van der Waals surface area contributed by atoms with E-state index in [4.69, 9.17) is 10.2 Å². The van der Waals surface area contributed by atoms with Crippen LogP contribution in [0, 0.1) is 0 Å². The van der Waals surface area contributed by atoms with Crippen LogP contribution in [0.4, 0.5) is 0 Å². The first-order valence-electron chi connectivity index (χ1n) is 5.44. The maximum absolute atomic E-state index is 12.0. The predicted octanol–water partition coefficient (Wildman–Crippen LogP) is 0.000100. The normalized spacial score (nSPS) is 12.1. The third-order valence-electron chi connectivity index (χ3n) is 2.37. The molecule has 0 saturated carbocycles. The molecule has 0 aromatic heterocycles. The molecule has 0 aliphatic carbocycles. The number of aromatic hydroxyl groups is 1. The molecule has 98 valence electrons. The van der Waals surface area contributed by atoms with Crippen molar-refractivity contribution in [2.45, 2.75) is 12.5 Å². The number of hydrogen-bond acceptors (Lipinski definition) is 5. The van der Waals surface area contributed by atoms with E-state index in [9.17, 15) is 14.7 Å². The fourth-order valence-electron chi connectivity index (χ4n) is 1.54. The van der Waals surface area contributed by atoms with Crippen molar-refractivity contribution in [1.29, 1.82) is 0 Å². The van der Waals surface area contributed by atoms with Gasteiger partial charge in [0.25, 0.3) is 0 Å². The molecule has 0 radical (unpaired) electrons. The Bertz CT molecular complexity index is 432. The van der Waals surface area contributed by atoms with Crippen molar-refractivity contribution in [3.8, 4) is 5.75 Å². The van der Waals surface area contributed by atoms with E-state index in [1.807, 2.05) is 0 Å². The number of carbonyl (C=O) groups excluding carboxylic acids is 1. The lowest BCUT2D eigenvalue weighted by Gasteiger charge is -2.15. The van der Waals surface area contributed by atoms with Gasteiger partial charge in [0.2, 0.25) is 0 Å². The quantitative estimate of drug-likeness (QED) is 0.510. The fraction of sp³-hybridized carbons (Fsp3) is 0.333. The number of Topliss-reactive ketones (excluding diaryl/α,β-unsaturated/α-hetero) is 1. The van der Waals surface area contributed by atoms with Gasteiger partial charge in [-0.05, 0) is 12.1 Å². The molecule has 0 fully saturated rings. The Morgan fingerprint density at radius 3 is 2.50 bits per heavy atom. The Morgan fingerprint density at radius 2 is 1.94 bits per heavy atom. The predicted molar refractivity (Wildman–Crippen MR) is 63.6 cm³/mol. The molecule has 18 heavy (non-hydrogen) atoms. The highest BCUT2D eigenvalue weighted by Gasteiger charge is 2.24. The summed E-state index contributed by atoms with van der Waals surface area (Å²) in [5.74, 6) is -1.83. The van der Waals surface area contributed by atoms with Crippen LogP contribution in [-0.4, -0.2) is 46.3 Å². The van der Waals surface area contributed by atoms with Crippen molar-refractivity contribution < 1.29 is 24.9 Å². The maximum Gasteiger partial charge on any atom is 0.305 e. The number of aliphatic hydroxyl groups is 1. The average molecular weight is 253 g/mol. The van der Waals surface area contributed by atoms with Crippen molar-refractivity contribution in [3.05, 3.63) is 29.8 Å². The van der Waals surface area contributed by atoms with Crippen molar-refractivity contribution in [2.24, 2.45) is 0 Å². The van der Waals surface area contributed by atoms with Crippen molar-refractivity contribution >= 4 is 11.8 Å². The van der Waals surface area contributed by atoms with Gasteiger partial charge in [-0.25, -0.2) is 0 Å². The van der Waals surface area contributed by atoms with Crippen LogP contribution >= 0.6 is 0 Å². The van der Waals surface area contributed by atoms with E-state index in [0.29, 0.717) is 0 Å². The van der Waals surface area contributed by atoms with E-state index < -0.39 is 24.2 Å². The monoisotopic (exact) mass is 253 g/mol. The van der Waals surface area contributed by atoms with E-state index >= 15 is 0 Å². The number of carbonyl (C=O) groups is 2. The van der Waals surface area contributed by atoms with Gasteiger partial charge in [-0.3, -0.25) is 9.59 Å². The Kier molecular flexibility index (Phi) is 5.29. The minimum Gasteiger partial charge on any atom is -0.507 e. The molecular formula is C12H15NO5. The van der Waals surface area contributed by atoms with Gasteiger partial charge in [-0.1, -0.05) is 12.1 Å². The summed E-state index contributed by atoms with van der Waals surface area (Å²) < 4.78 is 0. The third kappa shape index (κ3) is 3.83. The zero-order valence-electron chi connectivity index (χ0n) is 9.67. The van der Waals surface area contributed by atoms with Crippen LogP contribution < -0.4 is 5.32 Å². The number of phenolic OH excluding ortho intramolecular Hbond substituents is 1. The summed E-state index contributed by atoms with van der Waals surface area (Å²) in [6, 6.07) is 4.96. The summed E-state index contributed by atoms with van der Waals surface area (Å²) >= 11 is 0. The van der Waals surface area contributed by atoms with Crippen LogP contribution in [0.5, 0.6) is 5.75 Å². The molecule has 1 atom stereocenters. The molecule has 0 aliphatic rings. The first-order valence-corrected chi connectivity index (χ1v) is 5.44. The molecule has 0 saturated heterocycles. The topological polar surface area (TPSA) is 107 Å². The summed E-state index contributed by atoms with van der Waals surface area (Å²) in [5.41, 5.74) is 0.0641. The van der Waals surface area contributed by atoms with Crippen LogP contribution in [0.1, 0.15) is 16.8 Å². The fourth-order valence-corrected chi connectivity index (χ4v) is 1.54. The summed E-state index contributed by atoms with van der Waals surface area (Å²) in [4.78, 5) is 22.7. The lowest BCUT2D eigenvalue weighted by Crippen LogP contribution is -2.40. The number of carboxylic acid groups (broad SMARTS) is 1. The molecule has 0 spiro atoms. The molecule has 0 bridgehead atoms. The second-order valence-electron chi connectivity index (χ2n) is 3.71. The third-order valence-corrected chi connectivity index (χ3v) is 2.37. The number of rotatable bonds is 7.